The number of benzene rings is 2. The van der Waals surface area contributed by atoms with E-state index in [9.17, 15) is 13.2 Å². The molecule has 7 nitrogen and oxygen atoms in total. The monoisotopic (exact) mass is 404 g/mol. The number of amides is 1. The average Bonchev–Trinajstić information content (AvgIpc) is 2.74. The maximum atomic E-state index is 12.9. The number of hydrogen-bond acceptors (Lipinski definition) is 5. The number of anilines is 1. The molecule has 0 radical (unpaired) electrons. The first-order valence-electron chi connectivity index (χ1n) is 9.03. The van der Waals surface area contributed by atoms with Crippen LogP contribution in [-0.2, 0) is 14.8 Å². The molecule has 0 bridgehead atoms. The molecule has 1 saturated heterocycles. The summed E-state index contributed by atoms with van der Waals surface area (Å²) in [6.45, 7) is 0.557. The first-order valence-corrected chi connectivity index (χ1v) is 10.5. The van der Waals surface area contributed by atoms with Crippen molar-refractivity contribution in [1.29, 1.82) is 0 Å². The second-order valence-corrected chi connectivity index (χ2v) is 8.54. The van der Waals surface area contributed by atoms with Crippen LogP contribution in [0.15, 0.2) is 53.4 Å². The van der Waals surface area contributed by atoms with Gasteiger partial charge in [0.05, 0.1) is 25.0 Å². The van der Waals surface area contributed by atoms with Gasteiger partial charge in [0.2, 0.25) is 15.9 Å². The molecule has 1 amide bonds. The summed E-state index contributed by atoms with van der Waals surface area (Å²) in [6.07, 6.45) is 1.27. The van der Waals surface area contributed by atoms with Crippen LogP contribution in [0.1, 0.15) is 12.8 Å². The standard InChI is InChI=1S/C20H24N2O5S/c1-26-17-8-10-19(11-9-17)28(24,25)22-12-4-5-15(14-22)20(23)21-16-6-3-7-18(13-16)27-2/h3,6-11,13,15H,4-5,12,14H2,1-2H3,(H,21,23). The molecule has 0 saturated carbocycles. The van der Waals surface area contributed by atoms with Crippen molar-refractivity contribution in [2.75, 3.05) is 32.6 Å². The number of carbonyl (C=O) groups is 1. The van der Waals surface area contributed by atoms with Crippen molar-refractivity contribution in [2.45, 2.75) is 17.7 Å². The molecular formula is C20H24N2O5S. The van der Waals surface area contributed by atoms with Gasteiger partial charge in [-0.15, -0.1) is 0 Å². The zero-order valence-corrected chi connectivity index (χ0v) is 16.7. The SMILES string of the molecule is COc1ccc(S(=O)(=O)N2CCCC(C(=O)Nc3cccc(OC)c3)C2)cc1. The van der Waals surface area contributed by atoms with Gasteiger partial charge in [0, 0.05) is 24.8 Å². The van der Waals surface area contributed by atoms with Gasteiger partial charge < -0.3 is 14.8 Å². The van der Waals surface area contributed by atoms with Gasteiger partial charge in [-0.2, -0.15) is 4.31 Å². The van der Waals surface area contributed by atoms with E-state index in [1.807, 2.05) is 0 Å². The van der Waals surface area contributed by atoms with Crippen LogP contribution in [0.5, 0.6) is 11.5 Å². The highest BCUT2D eigenvalue weighted by Gasteiger charge is 2.33. The number of nitrogens with zero attached hydrogens (tertiary/aromatic N) is 1. The van der Waals surface area contributed by atoms with E-state index in [0.29, 0.717) is 36.6 Å². The van der Waals surface area contributed by atoms with Crippen LogP contribution >= 0.6 is 0 Å². The number of nitrogens with one attached hydrogen (secondary N) is 1. The van der Waals surface area contributed by atoms with E-state index in [4.69, 9.17) is 9.47 Å². The van der Waals surface area contributed by atoms with Crippen molar-refractivity contribution in [3.63, 3.8) is 0 Å². The molecule has 3 rings (SSSR count). The maximum absolute atomic E-state index is 12.9. The molecule has 1 aliphatic heterocycles. The quantitative estimate of drug-likeness (QED) is 0.800. The first kappa shape index (κ1) is 20.2. The minimum absolute atomic E-state index is 0.157. The van der Waals surface area contributed by atoms with E-state index in [1.165, 1.54) is 23.5 Å². The van der Waals surface area contributed by atoms with Gasteiger partial charge in [-0.1, -0.05) is 6.07 Å². The van der Waals surface area contributed by atoms with Crippen molar-refractivity contribution in [3.8, 4) is 11.5 Å². The zero-order valence-electron chi connectivity index (χ0n) is 15.9. The number of sulfonamides is 1. The van der Waals surface area contributed by atoms with Gasteiger partial charge in [0.25, 0.3) is 0 Å². The molecule has 1 atom stereocenters. The Morgan fingerprint density at radius 2 is 1.79 bits per heavy atom. The topological polar surface area (TPSA) is 84.9 Å². The normalized spacial score (nSPS) is 17.7. The summed E-state index contributed by atoms with van der Waals surface area (Å²) in [5, 5.41) is 2.86. The molecule has 1 heterocycles. The molecule has 1 unspecified atom stereocenters. The van der Waals surface area contributed by atoms with Gasteiger partial charge in [0.15, 0.2) is 0 Å². The first-order chi connectivity index (χ1) is 13.4. The molecule has 28 heavy (non-hydrogen) atoms. The minimum Gasteiger partial charge on any atom is -0.497 e. The van der Waals surface area contributed by atoms with Crippen molar-refractivity contribution >= 4 is 21.6 Å². The molecule has 2 aromatic carbocycles. The number of methoxy groups -OCH3 is 2. The van der Waals surface area contributed by atoms with Crippen LogP contribution in [0.25, 0.3) is 0 Å². The molecule has 1 aliphatic rings. The van der Waals surface area contributed by atoms with Crippen molar-refractivity contribution in [3.05, 3.63) is 48.5 Å². The van der Waals surface area contributed by atoms with E-state index >= 15 is 0 Å². The number of hydrogen-bond donors (Lipinski definition) is 1. The molecule has 150 valence electrons. The van der Waals surface area contributed by atoms with Gasteiger partial charge in [-0.3, -0.25) is 4.79 Å². The predicted octanol–water partition coefficient (Wildman–Crippen LogP) is 2.74. The zero-order chi connectivity index (χ0) is 20.1. The fourth-order valence-corrected chi connectivity index (χ4v) is 4.74. The summed E-state index contributed by atoms with van der Waals surface area (Å²) in [4.78, 5) is 12.9. The maximum Gasteiger partial charge on any atom is 0.243 e. The number of ether oxygens (including phenoxy) is 2. The Morgan fingerprint density at radius 3 is 2.46 bits per heavy atom. The van der Waals surface area contributed by atoms with E-state index in [-0.39, 0.29) is 17.3 Å². The highest BCUT2D eigenvalue weighted by atomic mass is 32.2. The fraction of sp³-hybridized carbons (Fsp3) is 0.350. The largest absolute Gasteiger partial charge is 0.497 e. The molecule has 0 aliphatic carbocycles. The Balaban J connectivity index is 1.70. The third-order valence-electron chi connectivity index (χ3n) is 4.79. The number of carbonyl (C=O) groups excluding carboxylic acids is 1. The third-order valence-corrected chi connectivity index (χ3v) is 6.67. The average molecular weight is 404 g/mol. The Morgan fingerprint density at radius 1 is 1.07 bits per heavy atom. The van der Waals surface area contributed by atoms with Crippen LogP contribution in [-0.4, -0.2) is 45.9 Å². The van der Waals surface area contributed by atoms with E-state index in [1.54, 1.807) is 43.5 Å². The highest BCUT2D eigenvalue weighted by Crippen LogP contribution is 2.26. The van der Waals surface area contributed by atoms with Crippen LogP contribution < -0.4 is 14.8 Å². The van der Waals surface area contributed by atoms with Crippen LogP contribution in [0.2, 0.25) is 0 Å². The Bertz CT molecular complexity index is 928. The van der Waals surface area contributed by atoms with Gasteiger partial charge in [-0.05, 0) is 49.2 Å². The molecule has 8 heteroatoms. The highest BCUT2D eigenvalue weighted by molar-refractivity contribution is 7.89. The van der Waals surface area contributed by atoms with Crippen molar-refractivity contribution in [2.24, 2.45) is 5.92 Å². The summed E-state index contributed by atoms with van der Waals surface area (Å²) >= 11 is 0. The van der Waals surface area contributed by atoms with Gasteiger partial charge in [-0.25, -0.2) is 8.42 Å². The predicted molar refractivity (Wildman–Crippen MR) is 106 cm³/mol. The summed E-state index contributed by atoms with van der Waals surface area (Å²) in [5.74, 6) is 0.633. The summed E-state index contributed by atoms with van der Waals surface area (Å²) in [6, 6.07) is 13.4. The Kier molecular flexibility index (Phi) is 6.21. The van der Waals surface area contributed by atoms with Gasteiger partial charge in [0.1, 0.15) is 11.5 Å². The lowest BCUT2D eigenvalue weighted by Gasteiger charge is -2.31. The summed E-state index contributed by atoms with van der Waals surface area (Å²) in [7, 11) is -0.572. The molecule has 1 N–H and O–H groups in total. The van der Waals surface area contributed by atoms with Gasteiger partial charge >= 0.3 is 0 Å². The third kappa shape index (κ3) is 4.45. The summed E-state index contributed by atoms with van der Waals surface area (Å²) < 4.78 is 37.5. The lowest BCUT2D eigenvalue weighted by molar-refractivity contribution is -0.120. The molecule has 0 spiro atoms. The van der Waals surface area contributed by atoms with E-state index in [2.05, 4.69) is 5.32 Å². The Hall–Kier alpha value is -2.58. The number of piperidine rings is 1. The Labute approximate surface area is 165 Å². The van der Waals surface area contributed by atoms with Crippen molar-refractivity contribution in [1.82, 2.24) is 4.31 Å². The smallest absolute Gasteiger partial charge is 0.243 e. The molecule has 1 fully saturated rings. The van der Waals surface area contributed by atoms with E-state index < -0.39 is 15.9 Å². The number of rotatable bonds is 6. The van der Waals surface area contributed by atoms with E-state index in [0.717, 1.165) is 0 Å². The molecular weight excluding hydrogens is 380 g/mol. The lowest BCUT2D eigenvalue weighted by atomic mass is 9.98. The second-order valence-electron chi connectivity index (χ2n) is 6.60. The van der Waals surface area contributed by atoms with Crippen LogP contribution in [0, 0.1) is 5.92 Å². The lowest BCUT2D eigenvalue weighted by Crippen LogP contribution is -2.43. The summed E-state index contributed by atoms with van der Waals surface area (Å²) in [5.41, 5.74) is 0.625. The molecule has 0 aromatic heterocycles. The second kappa shape index (κ2) is 8.62. The van der Waals surface area contributed by atoms with Crippen LogP contribution in [0.3, 0.4) is 0 Å². The minimum atomic E-state index is -3.66. The molecule has 2 aromatic rings. The van der Waals surface area contributed by atoms with Crippen molar-refractivity contribution < 1.29 is 22.7 Å². The fourth-order valence-electron chi connectivity index (χ4n) is 3.22. The van der Waals surface area contributed by atoms with Crippen LogP contribution in [0.4, 0.5) is 5.69 Å².